The van der Waals surface area contributed by atoms with Gasteiger partial charge in [0.15, 0.2) is 0 Å². The van der Waals surface area contributed by atoms with Crippen LogP contribution in [-0.2, 0) is 6.61 Å². The molecule has 1 heterocycles. The van der Waals surface area contributed by atoms with E-state index in [-0.39, 0.29) is 6.61 Å². The molecule has 1 N–H and O–H groups in total. The average molecular weight is 229 g/mol. The molecule has 0 aliphatic carbocycles. The van der Waals surface area contributed by atoms with Crippen molar-refractivity contribution in [3.05, 3.63) is 48.2 Å². The highest BCUT2D eigenvalue weighted by molar-refractivity contribution is 5.60. The second-order valence-electron chi connectivity index (χ2n) is 3.66. The van der Waals surface area contributed by atoms with Crippen molar-refractivity contribution >= 4 is 0 Å². The third-order valence-electron chi connectivity index (χ3n) is 2.47. The van der Waals surface area contributed by atoms with Crippen LogP contribution in [0.4, 0.5) is 0 Å². The summed E-state index contributed by atoms with van der Waals surface area (Å²) in [5, 5.41) is 9.08. The number of pyridine rings is 1. The van der Waals surface area contributed by atoms with E-state index in [1.54, 1.807) is 12.3 Å². The molecule has 0 fully saturated rings. The van der Waals surface area contributed by atoms with Crippen molar-refractivity contribution in [1.29, 1.82) is 0 Å². The van der Waals surface area contributed by atoms with Gasteiger partial charge in [-0.3, -0.25) is 4.98 Å². The molecule has 3 nitrogen and oxygen atoms in total. The highest BCUT2D eigenvalue weighted by Crippen LogP contribution is 2.21. The van der Waals surface area contributed by atoms with Crippen LogP contribution < -0.4 is 4.74 Å². The molecule has 0 radical (unpaired) electrons. The van der Waals surface area contributed by atoms with Crippen LogP contribution in [0, 0.1) is 0 Å². The van der Waals surface area contributed by atoms with Gasteiger partial charge in [-0.2, -0.15) is 0 Å². The maximum atomic E-state index is 9.08. The summed E-state index contributed by atoms with van der Waals surface area (Å²) in [6.07, 6.45) is 1.71. The largest absolute Gasteiger partial charge is 0.494 e. The van der Waals surface area contributed by atoms with Gasteiger partial charge >= 0.3 is 0 Å². The molecular formula is C14H15NO2. The molecule has 0 saturated heterocycles. The lowest BCUT2D eigenvalue weighted by molar-refractivity contribution is 0.282. The molecule has 0 saturated carbocycles. The first-order valence-corrected chi connectivity index (χ1v) is 5.62. The fourth-order valence-electron chi connectivity index (χ4n) is 1.62. The van der Waals surface area contributed by atoms with Crippen LogP contribution in [0.15, 0.2) is 42.6 Å². The Bertz CT molecular complexity index is 480. The van der Waals surface area contributed by atoms with E-state index in [1.165, 1.54) is 0 Å². The van der Waals surface area contributed by atoms with Crippen LogP contribution in [0.2, 0.25) is 0 Å². The average Bonchev–Trinajstić information content (AvgIpc) is 2.40. The Hall–Kier alpha value is -1.87. The van der Waals surface area contributed by atoms with E-state index in [2.05, 4.69) is 4.98 Å². The molecule has 0 unspecified atom stereocenters. The second kappa shape index (κ2) is 5.46. The highest BCUT2D eigenvalue weighted by atomic mass is 16.5. The summed E-state index contributed by atoms with van der Waals surface area (Å²) in [4.78, 5) is 4.28. The lowest BCUT2D eigenvalue weighted by Crippen LogP contribution is -1.91. The summed E-state index contributed by atoms with van der Waals surface area (Å²) in [6, 6.07) is 11.5. The summed E-state index contributed by atoms with van der Waals surface area (Å²) < 4.78 is 5.38. The number of aromatic nitrogens is 1. The third-order valence-corrected chi connectivity index (χ3v) is 2.47. The molecule has 3 heteroatoms. The summed E-state index contributed by atoms with van der Waals surface area (Å²) >= 11 is 0. The van der Waals surface area contributed by atoms with Crippen molar-refractivity contribution in [1.82, 2.24) is 4.98 Å². The molecular weight excluding hydrogens is 214 g/mol. The number of benzene rings is 1. The maximum absolute atomic E-state index is 9.08. The fraction of sp³-hybridized carbons (Fsp3) is 0.214. The Morgan fingerprint density at radius 3 is 2.59 bits per heavy atom. The highest BCUT2D eigenvalue weighted by Gasteiger charge is 2.01. The monoisotopic (exact) mass is 229 g/mol. The van der Waals surface area contributed by atoms with E-state index >= 15 is 0 Å². The Balaban J connectivity index is 2.26. The van der Waals surface area contributed by atoms with Crippen LogP contribution in [0.3, 0.4) is 0 Å². The van der Waals surface area contributed by atoms with Crippen molar-refractivity contribution < 1.29 is 9.84 Å². The number of hydrogen-bond donors (Lipinski definition) is 1. The van der Waals surface area contributed by atoms with Gasteiger partial charge < -0.3 is 9.84 Å². The summed E-state index contributed by atoms with van der Waals surface area (Å²) in [7, 11) is 0. The van der Waals surface area contributed by atoms with E-state index < -0.39 is 0 Å². The van der Waals surface area contributed by atoms with Gasteiger partial charge in [-0.05, 0) is 48.9 Å². The molecule has 0 bridgehead atoms. The fourth-order valence-corrected chi connectivity index (χ4v) is 1.62. The van der Waals surface area contributed by atoms with Gasteiger partial charge in [-0.25, -0.2) is 0 Å². The molecule has 2 aromatic rings. The second-order valence-corrected chi connectivity index (χ2v) is 3.66. The maximum Gasteiger partial charge on any atom is 0.119 e. The Kier molecular flexibility index (Phi) is 3.73. The molecule has 0 atom stereocenters. The van der Waals surface area contributed by atoms with Gasteiger partial charge in [0.25, 0.3) is 0 Å². The van der Waals surface area contributed by atoms with E-state index in [1.807, 2.05) is 37.3 Å². The van der Waals surface area contributed by atoms with Crippen molar-refractivity contribution in [3.63, 3.8) is 0 Å². The first kappa shape index (κ1) is 11.6. The van der Waals surface area contributed by atoms with Crippen molar-refractivity contribution in [2.24, 2.45) is 0 Å². The quantitative estimate of drug-likeness (QED) is 0.876. The number of aliphatic hydroxyl groups excluding tert-OH is 1. The lowest BCUT2D eigenvalue weighted by atomic mass is 10.1. The van der Waals surface area contributed by atoms with E-state index in [9.17, 15) is 0 Å². The SMILES string of the molecule is CCOc1ccc(-c2cc(CO)ccn2)cc1. The van der Waals surface area contributed by atoms with Crippen molar-refractivity contribution in [3.8, 4) is 17.0 Å². The van der Waals surface area contributed by atoms with E-state index in [0.717, 1.165) is 22.6 Å². The normalized spacial score (nSPS) is 10.2. The molecule has 0 aliphatic rings. The standard InChI is InChI=1S/C14H15NO2/c1-2-17-13-5-3-12(4-6-13)14-9-11(10-16)7-8-15-14/h3-9,16H,2,10H2,1H3. The predicted octanol–water partition coefficient (Wildman–Crippen LogP) is 2.64. The molecule has 0 aliphatic heterocycles. The molecule has 2 rings (SSSR count). The minimum atomic E-state index is 0.0343. The third kappa shape index (κ3) is 2.82. The molecule has 0 amide bonds. The molecule has 17 heavy (non-hydrogen) atoms. The van der Waals surface area contributed by atoms with Gasteiger partial charge in [0, 0.05) is 11.8 Å². The Labute approximate surface area is 101 Å². The number of nitrogens with zero attached hydrogens (tertiary/aromatic N) is 1. The predicted molar refractivity (Wildman–Crippen MR) is 66.8 cm³/mol. The minimum absolute atomic E-state index is 0.0343. The zero-order valence-electron chi connectivity index (χ0n) is 9.76. The molecule has 1 aromatic carbocycles. The van der Waals surface area contributed by atoms with Crippen LogP contribution in [-0.4, -0.2) is 16.7 Å². The smallest absolute Gasteiger partial charge is 0.119 e. The zero-order chi connectivity index (χ0) is 12.1. The summed E-state index contributed by atoms with van der Waals surface area (Å²) in [6.45, 7) is 2.66. The van der Waals surface area contributed by atoms with Gasteiger partial charge in [-0.15, -0.1) is 0 Å². The van der Waals surface area contributed by atoms with Crippen molar-refractivity contribution in [2.75, 3.05) is 6.61 Å². The van der Waals surface area contributed by atoms with Gasteiger partial charge in [0.1, 0.15) is 5.75 Å². The first-order valence-electron chi connectivity index (χ1n) is 5.62. The number of ether oxygens (including phenoxy) is 1. The van der Waals surface area contributed by atoms with Gasteiger partial charge in [0.05, 0.1) is 18.9 Å². The van der Waals surface area contributed by atoms with Crippen LogP contribution >= 0.6 is 0 Å². The number of rotatable bonds is 4. The van der Waals surface area contributed by atoms with Gasteiger partial charge in [-0.1, -0.05) is 0 Å². The van der Waals surface area contributed by atoms with E-state index in [4.69, 9.17) is 9.84 Å². The number of aliphatic hydroxyl groups is 1. The Morgan fingerprint density at radius 1 is 1.18 bits per heavy atom. The Morgan fingerprint density at radius 2 is 1.94 bits per heavy atom. The summed E-state index contributed by atoms with van der Waals surface area (Å²) in [5.74, 6) is 0.856. The van der Waals surface area contributed by atoms with Gasteiger partial charge in [0.2, 0.25) is 0 Å². The molecule has 1 aromatic heterocycles. The van der Waals surface area contributed by atoms with Crippen LogP contribution in [0.5, 0.6) is 5.75 Å². The van der Waals surface area contributed by atoms with Crippen LogP contribution in [0.25, 0.3) is 11.3 Å². The molecule has 0 spiro atoms. The minimum Gasteiger partial charge on any atom is -0.494 e. The number of hydrogen-bond acceptors (Lipinski definition) is 3. The van der Waals surface area contributed by atoms with Crippen LogP contribution in [0.1, 0.15) is 12.5 Å². The topological polar surface area (TPSA) is 42.4 Å². The summed E-state index contributed by atoms with van der Waals surface area (Å²) in [5.41, 5.74) is 2.74. The molecule has 88 valence electrons. The van der Waals surface area contributed by atoms with Crippen molar-refractivity contribution in [2.45, 2.75) is 13.5 Å². The zero-order valence-corrected chi connectivity index (χ0v) is 9.76. The first-order chi connectivity index (χ1) is 8.33. The lowest BCUT2D eigenvalue weighted by Gasteiger charge is -2.05. The van der Waals surface area contributed by atoms with E-state index in [0.29, 0.717) is 6.61 Å².